The lowest BCUT2D eigenvalue weighted by atomic mass is 10.3. The molecule has 8 heteroatoms. The Morgan fingerprint density at radius 3 is 2.86 bits per heavy atom. The lowest BCUT2D eigenvalue weighted by molar-refractivity contribution is 0.643. The molecular weight excluding hydrogens is 280 g/mol. The number of fused-ring (bicyclic) bond motifs is 1. The van der Waals surface area contributed by atoms with Gasteiger partial charge in [0.25, 0.3) is 0 Å². The molecule has 2 N–H and O–H groups in total. The van der Waals surface area contributed by atoms with E-state index < -0.39 is 0 Å². The van der Waals surface area contributed by atoms with Gasteiger partial charge < -0.3 is 10.6 Å². The Morgan fingerprint density at radius 1 is 1.23 bits per heavy atom. The third-order valence-electron chi connectivity index (χ3n) is 3.15. The van der Waals surface area contributed by atoms with Crippen molar-refractivity contribution in [3.05, 3.63) is 30.9 Å². The average Bonchev–Trinajstić information content (AvgIpc) is 2.98. The van der Waals surface area contributed by atoms with Crippen LogP contribution in [0.2, 0.25) is 0 Å². The number of pyridine rings is 1. The van der Waals surface area contributed by atoms with Gasteiger partial charge in [-0.3, -0.25) is 0 Å². The van der Waals surface area contributed by atoms with E-state index >= 15 is 0 Å². The van der Waals surface area contributed by atoms with Gasteiger partial charge >= 0.3 is 0 Å². The van der Waals surface area contributed by atoms with Crippen molar-refractivity contribution in [2.45, 2.75) is 13.0 Å². The maximum atomic E-state index is 8.68. The van der Waals surface area contributed by atoms with E-state index in [4.69, 9.17) is 5.26 Å². The molecule has 0 saturated carbocycles. The minimum atomic E-state index is 0.388. The van der Waals surface area contributed by atoms with Crippen molar-refractivity contribution in [2.75, 3.05) is 17.7 Å². The number of nitrogens with zero attached hydrogens (tertiary/aromatic N) is 6. The lowest BCUT2D eigenvalue weighted by Gasteiger charge is -2.07. The highest BCUT2D eigenvalue weighted by atomic mass is 15.3. The Hall–Kier alpha value is -3.21. The molecule has 0 aliphatic carbocycles. The van der Waals surface area contributed by atoms with Gasteiger partial charge in [0.15, 0.2) is 5.65 Å². The zero-order chi connectivity index (χ0) is 15.4. The third-order valence-corrected chi connectivity index (χ3v) is 3.15. The van der Waals surface area contributed by atoms with E-state index in [-0.39, 0.29) is 0 Å². The summed E-state index contributed by atoms with van der Waals surface area (Å²) in [5.74, 6) is 1.45. The van der Waals surface area contributed by atoms with Gasteiger partial charge in [0.1, 0.15) is 18.0 Å². The van der Waals surface area contributed by atoms with Gasteiger partial charge in [0.05, 0.1) is 42.5 Å². The molecule has 8 nitrogen and oxygen atoms in total. The van der Waals surface area contributed by atoms with E-state index in [1.807, 2.05) is 19.2 Å². The first kappa shape index (κ1) is 13.8. The topological polar surface area (TPSA) is 104 Å². The minimum absolute atomic E-state index is 0.388. The van der Waals surface area contributed by atoms with Gasteiger partial charge in [-0.05, 0) is 12.1 Å². The van der Waals surface area contributed by atoms with E-state index in [1.165, 1.54) is 6.33 Å². The molecule has 0 bridgehead atoms. The molecule has 3 heterocycles. The molecule has 0 aromatic carbocycles. The van der Waals surface area contributed by atoms with Crippen LogP contribution in [-0.2, 0) is 6.54 Å². The molecule has 0 amide bonds. The quantitative estimate of drug-likeness (QED) is 0.740. The summed E-state index contributed by atoms with van der Waals surface area (Å²) in [6, 6.07) is 5.88. The maximum absolute atomic E-state index is 8.68. The molecule has 3 rings (SSSR count). The third kappa shape index (κ3) is 2.64. The largest absolute Gasteiger partial charge is 0.373 e. The van der Waals surface area contributed by atoms with Gasteiger partial charge in [-0.1, -0.05) is 0 Å². The Morgan fingerprint density at radius 2 is 2.14 bits per heavy atom. The molecule has 0 spiro atoms. The highest BCUT2D eigenvalue weighted by molar-refractivity contribution is 5.88. The van der Waals surface area contributed by atoms with Crippen molar-refractivity contribution >= 4 is 28.4 Å². The average molecular weight is 294 g/mol. The van der Waals surface area contributed by atoms with Gasteiger partial charge in [0, 0.05) is 7.05 Å². The molecule has 3 aromatic heterocycles. The molecule has 22 heavy (non-hydrogen) atoms. The number of hydrogen-bond acceptors (Lipinski definition) is 7. The summed E-state index contributed by atoms with van der Waals surface area (Å²) in [7, 11) is 1.82. The Labute approximate surface area is 126 Å². The summed E-state index contributed by atoms with van der Waals surface area (Å²) in [6.07, 6.45) is 5.29. The van der Waals surface area contributed by atoms with E-state index in [2.05, 4.69) is 36.8 Å². The summed E-state index contributed by atoms with van der Waals surface area (Å²) < 4.78 is 1.70. The van der Waals surface area contributed by atoms with Crippen LogP contribution in [0.25, 0.3) is 11.0 Å². The number of aromatic nitrogens is 5. The van der Waals surface area contributed by atoms with E-state index in [0.29, 0.717) is 24.4 Å². The summed E-state index contributed by atoms with van der Waals surface area (Å²) in [6.45, 7) is 0.509. The number of anilines is 3. The second-order valence-corrected chi connectivity index (χ2v) is 4.54. The Balaban J connectivity index is 1.90. The molecule has 110 valence electrons. The van der Waals surface area contributed by atoms with Crippen LogP contribution in [0.3, 0.4) is 0 Å². The monoisotopic (exact) mass is 294 g/mol. The zero-order valence-electron chi connectivity index (χ0n) is 12.0. The van der Waals surface area contributed by atoms with E-state index in [9.17, 15) is 0 Å². The summed E-state index contributed by atoms with van der Waals surface area (Å²) in [4.78, 5) is 12.7. The molecule has 0 aliphatic rings. The molecule has 0 aliphatic heterocycles. The number of nitriles is 1. The standard InChI is InChI=1S/C14H14N8/c1-16-12-4-3-10(7-17-12)21-13-11-8-20-22(6-2-5-15)14(11)19-9-18-13/h3-4,7-9H,2,6H2,1H3,(H,16,17)(H,18,19,21). The highest BCUT2D eigenvalue weighted by Gasteiger charge is 2.09. The fraction of sp³-hybridized carbons (Fsp3) is 0.214. The first-order valence-electron chi connectivity index (χ1n) is 6.76. The number of nitrogens with one attached hydrogen (secondary N) is 2. The predicted octanol–water partition coefficient (Wildman–Crippen LogP) is 1.92. The molecule has 0 radical (unpaired) electrons. The summed E-state index contributed by atoms with van der Waals surface area (Å²) in [5, 5.41) is 19.9. The predicted molar refractivity (Wildman–Crippen MR) is 82.6 cm³/mol. The van der Waals surface area contributed by atoms with Crippen LogP contribution in [0, 0.1) is 11.3 Å². The van der Waals surface area contributed by atoms with Crippen molar-refractivity contribution in [1.82, 2.24) is 24.7 Å². The zero-order valence-corrected chi connectivity index (χ0v) is 12.0. The van der Waals surface area contributed by atoms with Crippen molar-refractivity contribution in [2.24, 2.45) is 0 Å². The van der Waals surface area contributed by atoms with Crippen molar-refractivity contribution < 1.29 is 0 Å². The molecule has 0 saturated heterocycles. The van der Waals surface area contributed by atoms with Crippen molar-refractivity contribution in [3.63, 3.8) is 0 Å². The summed E-state index contributed by atoms with van der Waals surface area (Å²) in [5.41, 5.74) is 1.52. The van der Waals surface area contributed by atoms with Crippen LogP contribution in [0.4, 0.5) is 17.3 Å². The van der Waals surface area contributed by atoms with Gasteiger partial charge in [-0.25, -0.2) is 19.6 Å². The van der Waals surface area contributed by atoms with Crippen molar-refractivity contribution in [1.29, 1.82) is 5.26 Å². The van der Waals surface area contributed by atoms with Crippen LogP contribution in [0.15, 0.2) is 30.9 Å². The molecule has 0 atom stereocenters. The van der Waals surface area contributed by atoms with Crippen LogP contribution in [-0.4, -0.2) is 31.8 Å². The van der Waals surface area contributed by atoms with Gasteiger partial charge in [-0.15, -0.1) is 0 Å². The lowest BCUT2D eigenvalue weighted by Crippen LogP contribution is -2.01. The fourth-order valence-electron chi connectivity index (χ4n) is 2.06. The molecule has 3 aromatic rings. The van der Waals surface area contributed by atoms with Crippen LogP contribution >= 0.6 is 0 Å². The second kappa shape index (κ2) is 6.05. The molecule has 0 unspecified atom stereocenters. The van der Waals surface area contributed by atoms with Crippen molar-refractivity contribution in [3.8, 4) is 6.07 Å². The number of rotatable bonds is 5. The summed E-state index contributed by atoms with van der Waals surface area (Å²) >= 11 is 0. The fourth-order valence-corrected chi connectivity index (χ4v) is 2.06. The maximum Gasteiger partial charge on any atom is 0.163 e. The van der Waals surface area contributed by atoms with Gasteiger partial charge in [-0.2, -0.15) is 10.4 Å². The van der Waals surface area contributed by atoms with E-state index in [0.717, 1.165) is 16.9 Å². The smallest absolute Gasteiger partial charge is 0.163 e. The van der Waals surface area contributed by atoms with Crippen LogP contribution in [0.1, 0.15) is 6.42 Å². The first-order valence-corrected chi connectivity index (χ1v) is 6.76. The highest BCUT2D eigenvalue weighted by Crippen LogP contribution is 2.22. The van der Waals surface area contributed by atoms with Crippen LogP contribution < -0.4 is 10.6 Å². The number of aryl methyl sites for hydroxylation is 1. The molecule has 0 fully saturated rings. The molecular formula is C14H14N8. The second-order valence-electron chi connectivity index (χ2n) is 4.54. The number of hydrogen-bond donors (Lipinski definition) is 2. The normalized spacial score (nSPS) is 10.4. The van der Waals surface area contributed by atoms with Gasteiger partial charge in [0.2, 0.25) is 0 Å². The van der Waals surface area contributed by atoms with Crippen LogP contribution in [0.5, 0.6) is 0 Å². The van der Waals surface area contributed by atoms with E-state index in [1.54, 1.807) is 17.1 Å². The Bertz CT molecular complexity index is 815. The minimum Gasteiger partial charge on any atom is -0.373 e. The Kier molecular flexibility index (Phi) is 3.78. The SMILES string of the molecule is CNc1ccc(Nc2ncnc3c2cnn3CCC#N)cn1. The first-order chi connectivity index (χ1) is 10.8.